The Morgan fingerprint density at radius 3 is 2.48 bits per heavy atom. The molecule has 0 radical (unpaired) electrons. The van der Waals surface area contributed by atoms with E-state index in [1.807, 2.05) is 32.0 Å². The summed E-state index contributed by atoms with van der Waals surface area (Å²) in [5, 5.41) is 3.53. The van der Waals surface area contributed by atoms with Gasteiger partial charge in [0.1, 0.15) is 5.75 Å². The Morgan fingerprint density at radius 2 is 1.81 bits per heavy atom. The molecule has 0 aliphatic heterocycles. The lowest BCUT2D eigenvalue weighted by molar-refractivity contribution is -0.122. The molecule has 3 nitrogen and oxygen atoms in total. The van der Waals surface area contributed by atoms with Gasteiger partial charge in [-0.3, -0.25) is 4.79 Å². The lowest BCUT2D eigenvalue weighted by Crippen LogP contribution is -2.30. The average Bonchev–Trinajstić information content (AvgIpc) is 2.46. The number of aryl methyl sites for hydroxylation is 1. The lowest BCUT2D eigenvalue weighted by atomic mass is 10.1. The van der Waals surface area contributed by atoms with Crippen LogP contribution in [0.15, 0.2) is 42.5 Å². The van der Waals surface area contributed by atoms with Gasteiger partial charge in [0.25, 0.3) is 5.91 Å². The number of anilines is 1. The Hall–Kier alpha value is -2.00. The van der Waals surface area contributed by atoms with E-state index in [1.54, 1.807) is 31.2 Å². The summed E-state index contributed by atoms with van der Waals surface area (Å²) in [5.41, 5.74) is 3.01. The van der Waals surface area contributed by atoms with Gasteiger partial charge in [-0.05, 0) is 62.2 Å². The van der Waals surface area contributed by atoms with E-state index in [-0.39, 0.29) is 5.91 Å². The summed E-state index contributed by atoms with van der Waals surface area (Å²) in [6, 6.07) is 12.8. The van der Waals surface area contributed by atoms with E-state index in [0.717, 1.165) is 16.8 Å². The molecule has 0 saturated heterocycles. The van der Waals surface area contributed by atoms with Crippen LogP contribution in [0.25, 0.3) is 0 Å². The molecule has 0 aromatic heterocycles. The van der Waals surface area contributed by atoms with E-state index >= 15 is 0 Å². The summed E-state index contributed by atoms with van der Waals surface area (Å²) in [4.78, 5) is 12.2. The molecule has 0 spiro atoms. The topological polar surface area (TPSA) is 38.3 Å². The van der Waals surface area contributed by atoms with Crippen molar-refractivity contribution >= 4 is 23.2 Å². The highest BCUT2D eigenvalue weighted by molar-refractivity contribution is 6.30. The number of amides is 1. The van der Waals surface area contributed by atoms with Crippen molar-refractivity contribution in [3.05, 3.63) is 58.6 Å². The van der Waals surface area contributed by atoms with Crippen LogP contribution in [0, 0.1) is 13.8 Å². The Morgan fingerprint density at radius 1 is 1.14 bits per heavy atom. The molecular formula is C17H18ClNO2. The molecule has 2 aromatic rings. The van der Waals surface area contributed by atoms with Gasteiger partial charge in [0.05, 0.1) is 0 Å². The van der Waals surface area contributed by atoms with Crippen LogP contribution >= 0.6 is 11.6 Å². The third kappa shape index (κ3) is 3.99. The normalized spacial score (nSPS) is 11.8. The highest BCUT2D eigenvalue weighted by atomic mass is 35.5. The molecule has 1 N–H and O–H groups in total. The predicted octanol–water partition coefficient (Wildman–Crippen LogP) is 4.36. The van der Waals surface area contributed by atoms with E-state index < -0.39 is 6.10 Å². The summed E-state index contributed by atoms with van der Waals surface area (Å²) in [7, 11) is 0. The first-order valence-corrected chi connectivity index (χ1v) is 7.14. The predicted molar refractivity (Wildman–Crippen MR) is 86.1 cm³/mol. The van der Waals surface area contributed by atoms with Gasteiger partial charge in [-0.15, -0.1) is 0 Å². The van der Waals surface area contributed by atoms with Crippen LogP contribution in [-0.4, -0.2) is 12.0 Å². The fourth-order valence-corrected chi connectivity index (χ4v) is 2.02. The molecule has 1 atom stereocenters. The van der Waals surface area contributed by atoms with Crippen LogP contribution in [0.5, 0.6) is 5.75 Å². The van der Waals surface area contributed by atoms with Crippen molar-refractivity contribution in [2.75, 3.05) is 5.32 Å². The second-order valence-electron chi connectivity index (χ2n) is 4.95. The highest BCUT2D eigenvalue weighted by Gasteiger charge is 2.15. The van der Waals surface area contributed by atoms with Gasteiger partial charge in [-0.2, -0.15) is 0 Å². The minimum Gasteiger partial charge on any atom is -0.481 e. The van der Waals surface area contributed by atoms with Gasteiger partial charge in [-0.1, -0.05) is 23.7 Å². The van der Waals surface area contributed by atoms with Crippen molar-refractivity contribution in [1.29, 1.82) is 0 Å². The molecule has 110 valence electrons. The van der Waals surface area contributed by atoms with E-state index in [0.29, 0.717) is 10.8 Å². The number of carbonyl (C=O) groups is 1. The average molecular weight is 304 g/mol. The third-order valence-electron chi connectivity index (χ3n) is 3.36. The second-order valence-corrected chi connectivity index (χ2v) is 5.39. The Balaban J connectivity index is 2.02. The maximum atomic E-state index is 12.2. The Bertz CT molecular complexity index is 638. The maximum Gasteiger partial charge on any atom is 0.265 e. The standard InChI is InChI=1S/C17H18ClNO2/c1-11-5-4-6-16(12(11)2)19-17(20)13(3)21-15-9-7-14(18)8-10-15/h4-10,13H,1-3H3,(H,19,20)/t13-/m0/s1. The summed E-state index contributed by atoms with van der Waals surface area (Å²) < 4.78 is 5.60. The van der Waals surface area contributed by atoms with Crippen LogP contribution in [-0.2, 0) is 4.79 Å². The quantitative estimate of drug-likeness (QED) is 0.911. The van der Waals surface area contributed by atoms with Crippen molar-refractivity contribution in [3.8, 4) is 5.75 Å². The highest BCUT2D eigenvalue weighted by Crippen LogP contribution is 2.20. The van der Waals surface area contributed by atoms with Crippen molar-refractivity contribution in [2.24, 2.45) is 0 Å². The van der Waals surface area contributed by atoms with Crippen molar-refractivity contribution in [2.45, 2.75) is 26.9 Å². The summed E-state index contributed by atoms with van der Waals surface area (Å²) in [5.74, 6) is 0.432. The third-order valence-corrected chi connectivity index (χ3v) is 3.61. The first-order chi connectivity index (χ1) is 9.97. The first kappa shape index (κ1) is 15.4. The first-order valence-electron chi connectivity index (χ1n) is 6.76. The maximum absolute atomic E-state index is 12.2. The molecule has 0 unspecified atom stereocenters. The Labute approximate surface area is 129 Å². The van der Waals surface area contributed by atoms with Crippen LogP contribution in [0.1, 0.15) is 18.1 Å². The molecule has 0 aliphatic rings. The number of carbonyl (C=O) groups excluding carboxylic acids is 1. The molecule has 2 aromatic carbocycles. The summed E-state index contributed by atoms with van der Waals surface area (Å²) >= 11 is 5.82. The monoisotopic (exact) mass is 303 g/mol. The van der Waals surface area contributed by atoms with Crippen LogP contribution in [0.4, 0.5) is 5.69 Å². The van der Waals surface area contributed by atoms with E-state index in [4.69, 9.17) is 16.3 Å². The fraction of sp³-hybridized carbons (Fsp3) is 0.235. The van der Waals surface area contributed by atoms with Gasteiger partial charge in [0.15, 0.2) is 6.10 Å². The number of hydrogen-bond acceptors (Lipinski definition) is 2. The van der Waals surface area contributed by atoms with Crippen LogP contribution in [0.3, 0.4) is 0 Å². The molecule has 2 rings (SSSR count). The molecule has 21 heavy (non-hydrogen) atoms. The second kappa shape index (κ2) is 6.64. The van der Waals surface area contributed by atoms with Gasteiger partial charge in [0, 0.05) is 10.7 Å². The van der Waals surface area contributed by atoms with E-state index in [1.165, 1.54) is 0 Å². The lowest BCUT2D eigenvalue weighted by Gasteiger charge is -2.16. The fourth-order valence-electron chi connectivity index (χ4n) is 1.89. The molecule has 0 fully saturated rings. The van der Waals surface area contributed by atoms with Crippen molar-refractivity contribution in [3.63, 3.8) is 0 Å². The van der Waals surface area contributed by atoms with Crippen LogP contribution in [0.2, 0.25) is 5.02 Å². The largest absolute Gasteiger partial charge is 0.481 e. The van der Waals surface area contributed by atoms with Crippen LogP contribution < -0.4 is 10.1 Å². The zero-order valence-corrected chi connectivity index (χ0v) is 13.1. The van der Waals surface area contributed by atoms with E-state index in [2.05, 4.69) is 5.32 Å². The smallest absolute Gasteiger partial charge is 0.265 e. The van der Waals surface area contributed by atoms with Gasteiger partial charge in [-0.25, -0.2) is 0 Å². The number of benzene rings is 2. The van der Waals surface area contributed by atoms with Gasteiger partial charge in [0.2, 0.25) is 0 Å². The molecule has 4 heteroatoms. The molecule has 0 heterocycles. The van der Waals surface area contributed by atoms with E-state index in [9.17, 15) is 4.79 Å². The molecular weight excluding hydrogens is 286 g/mol. The number of hydrogen-bond donors (Lipinski definition) is 1. The van der Waals surface area contributed by atoms with Gasteiger partial charge < -0.3 is 10.1 Å². The Kier molecular flexibility index (Phi) is 4.86. The minimum absolute atomic E-state index is 0.182. The molecule has 0 saturated carbocycles. The number of rotatable bonds is 4. The van der Waals surface area contributed by atoms with Crippen molar-refractivity contribution < 1.29 is 9.53 Å². The zero-order chi connectivity index (χ0) is 15.4. The summed E-state index contributed by atoms with van der Waals surface area (Å²) in [6.45, 7) is 5.71. The SMILES string of the molecule is Cc1cccc(NC(=O)[C@H](C)Oc2ccc(Cl)cc2)c1C. The molecule has 0 aliphatic carbocycles. The molecule has 1 amide bonds. The summed E-state index contributed by atoms with van der Waals surface area (Å²) in [6.07, 6.45) is -0.592. The zero-order valence-electron chi connectivity index (χ0n) is 12.3. The number of ether oxygens (including phenoxy) is 1. The van der Waals surface area contributed by atoms with Gasteiger partial charge >= 0.3 is 0 Å². The number of halogens is 1. The molecule has 0 bridgehead atoms. The number of nitrogens with one attached hydrogen (secondary N) is 1. The van der Waals surface area contributed by atoms with Crippen molar-refractivity contribution in [1.82, 2.24) is 0 Å². The minimum atomic E-state index is -0.592.